The molecule has 9 aromatic rings. The summed E-state index contributed by atoms with van der Waals surface area (Å²) in [5.74, 6) is 0. The molecule has 0 saturated heterocycles. The number of rotatable bonds is 4. The SMILES string of the molecule is c1ccc(-c2ccc3cc(N(c4cccc5ccccc45)c4cccc5c4ccc4c6ccccc6oc54)ccc3c2)cc1. The minimum Gasteiger partial charge on any atom is -0.455 e. The number of hydrogen-bond acceptors (Lipinski definition) is 2. The van der Waals surface area contributed by atoms with Gasteiger partial charge in [-0.2, -0.15) is 0 Å². The van der Waals surface area contributed by atoms with E-state index in [1.807, 2.05) is 12.1 Å². The fraction of sp³-hybridized carbons (Fsp3) is 0. The van der Waals surface area contributed by atoms with Gasteiger partial charge in [0.1, 0.15) is 11.2 Å². The standard InChI is InChI=1S/C42H27NO/c1-2-10-28(11-3-1)30-20-21-32-27-33(23-22-31(32)26-30)43(39-17-8-13-29-12-4-5-14-34(29)39)40-18-9-16-37-35(40)24-25-38-36-15-6-7-19-41(36)44-42(37)38/h1-27H. The summed E-state index contributed by atoms with van der Waals surface area (Å²) in [7, 11) is 0. The Balaban J connectivity index is 1.29. The molecular formula is C42H27NO. The van der Waals surface area contributed by atoms with Crippen molar-refractivity contribution in [3.05, 3.63) is 164 Å². The monoisotopic (exact) mass is 561 g/mol. The second kappa shape index (κ2) is 9.86. The van der Waals surface area contributed by atoms with Crippen LogP contribution in [0.2, 0.25) is 0 Å². The largest absolute Gasteiger partial charge is 0.455 e. The molecule has 1 heterocycles. The quantitative estimate of drug-likeness (QED) is 0.212. The molecule has 0 aliphatic rings. The summed E-state index contributed by atoms with van der Waals surface area (Å²) in [4.78, 5) is 2.41. The Labute approximate surface area is 255 Å². The van der Waals surface area contributed by atoms with Crippen LogP contribution in [0.4, 0.5) is 17.1 Å². The molecule has 1 aromatic heterocycles. The van der Waals surface area contributed by atoms with Gasteiger partial charge in [-0.3, -0.25) is 0 Å². The maximum atomic E-state index is 6.47. The van der Waals surface area contributed by atoms with E-state index in [0.29, 0.717) is 0 Å². The highest BCUT2D eigenvalue weighted by atomic mass is 16.3. The number of nitrogens with zero attached hydrogens (tertiary/aromatic N) is 1. The first-order chi connectivity index (χ1) is 21.8. The Morgan fingerprint density at radius 1 is 0.364 bits per heavy atom. The van der Waals surface area contributed by atoms with Crippen LogP contribution >= 0.6 is 0 Å². The van der Waals surface area contributed by atoms with Crippen molar-refractivity contribution in [1.29, 1.82) is 0 Å². The summed E-state index contributed by atoms with van der Waals surface area (Å²) < 4.78 is 6.47. The van der Waals surface area contributed by atoms with Crippen LogP contribution in [0.3, 0.4) is 0 Å². The Morgan fingerprint density at radius 3 is 1.91 bits per heavy atom. The van der Waals surface area contributed by atoms with Gasteiger partial charge >= 0.3 is 0 Å². The highest BCUT2D eigenvalue weighted by Gasteiger charge is 2.20. The molecule has 2 nitrogen and oxygen atoms in total. The molecule has 0 aliphatic heterocycles. The van der Waals surface area contributed by atoms with Crippen LogP contribution < -0.4 is 4.90 Å². The zero-order valence-corrected chi connectivity index (χ0v) is 23.9. The lowest BCUT2D eigenvalue weighted by Gasteiger charge is -2.28. The second-order valence-corrected chi connectivity index (χ2v) is 11.4. The zero-order chi connectivity index (χ0) is 29.0. The number of anilines is 3. The third-order valence-electron chi connectivity index (χ3n) is 8.82. The first-order valence-electron chi connectivity index (χ1n) is 15.0. The van der Waals surface area contributed by atoms with E-state index < -0.39 is 0 Å². The summed E-state index contributed by atoms with van der Waals surface area (Å²) in [6.45, 7) is 0. The average molecular weight is 562 g/mol. The fourth-order valence-electron chi connectivity index (χ4n) is 6.71. The third-order valence-corrected chi connectivity index (χ3v) is 8.82. The Bertz CT molecular complexity index is 2500. The van der Waals surface area contributed by atoms with Crippen molar-refractivity contribution < 1.29 is 4.42 Å². The van der Waals surface area contributed by atoms with Gasteiger partial charge in [-0.1, -0.05) is 121 Å². The lowest BCUT2D eigenvalue weighted by molar-refractivity contribution is 0.672. The van der Waals surface area contributed by atoms with Crippen LogP contribution in [0, 0.1) is 0 Å². The first kappa shape index (κ1) is 24.7. The topological polar surface area (TPSA) is 16.4 Å². The van der Waals surface area contributed by atoms with Gasteiger partial charge in [-0.15, -0.1) is 0 Å². The molecule has 9 rings (SSSR count). The van der Waals surface area contributed by atoms with Crippen molar-refractivity contribution in [2.45, 2.75) is 0 Å². The van der Waals surface area contributed by atoms with Crippen LogP contribution in [0.1, 0.15) is 0 Å². The van der Waals surface area contributed by atoms with Crippen molar-refractivity contribution in [3.63, 3.8) is 0 Å². The molecule has 0 spiro atoms. The van der Waals surface area contributed by atoms with E-state index in [2.05, 4.69) is 157 Å². The molecule has 0 amide bonds. The number of benzene rings is 8. The number of furan rings is 1. The molecule has 0 atom stereocenters. The van der Waals surface area contributed by atoms with E-state index in [4.69, 9.17) is 4.42 Å². The maximum absolute atomic E-state index is 6.47. The van der Waals surface area contributed by atoms with Gasteiger partial charge < -0.3 is 9.32 Å². The first-order valence-corrected chi connectivity index (χ1v) is 15.0. The van der Waals surface area contributed by atoms with E-state index >= 15 is 0 Å². The molecule has 0 radical (unpaired) electrons. The predicted octanol–water partition coefficient (Wildman–Crippen LogP) is 12.2. The lowest BCUT2D eigenvalue weighted by atomic mass is 9.99. The van der Waals surface area contributed by atoms with Crippen molar-refractivity contribution >= 4 is 71.3 Å². The number of fused-ring (bicyclic) bond motifs is 7. The normalized spacial score (nSPS) is 11.6. The molecule has 206 valence electrons. The lowest BCUT2D eigenvalue weighted by Crippen LogP contribution is -2.11. The predicted molar refractivity (Wildman–Crippen MR) is 186 cm³/mol. The number of para-hydroxylation sites is 1. The molecular weight excluding hydrogens is 534 g/mol. The Hall–Kier alpha value is -5.86. The van der Waals surface area contributed by atoms with Gasteiger partial charge in [0.15, 0.2) is 0 Å². The molecule has 0 N–H and O–H groups in total. The summed E-state index contributed by atoms with van der Waals surface area (Å²) in [6.07, 6.45) is 0. The van der Waals surface area contributed by atoms with Gasteiger partial charge in [-0.25, -0.2) is 0 Å². The van der Waals surface area contributed by atoms with Gasteiger partial charge in [0, 0.05) is 32.6 Å². The smallest absolute Gasteiger partial charge is 0.143 e. The Morgan fingerprint density at radius 2 is 1.00 bits per heavy atom. The van der Waals surface area contributed by atoms with Crippen molar-refractivity contribution in [1.82, 2.24) is 0 Å². The highest BCUT2D eigenvalue weighted by Crippen LogP contribution is 2.45. The maximum Gasteiger partial charge on any atom is 0.143 e. The van der Waals surface area contributed by atoms with Crippen LogP contribution in [0.25, 0.3) is 65.4 Å². The number of hydrogen-bond donors (Lipinski definition) is 0. The van der Waals surface area contributed by atoms with Crippen molar-refractivity contribution in [2.75, 3.05) is 4.90 Å². The fourth-order valence-corrected chi connectivity index (χ4v) is 6.71. The molecule has 0 saturated carbocycles. The van der Waals surface area contributed by atoms with Crippen LogP contribution in [-0.4, -0.2) is 0 Å². The van der Waals surface area contributed by atoms with E-state index in [0.717, 1.165) is 49.8 Å². The molecule has 2 heteroatoms. The molecule has 44 heavy (non-hydrogen) atoms. The summed E-state index contributed by atoms with van der Waals surface area (Å²) in [6, 6.07) is 58.6. The van der Waals surface area contributed by atoms with Crippen molar-refractivity contribution in [3.8, 4) is 11.1 Å². The second-order valence-electron chi connectivity index (χ2n) is 11.4. The zero-order valence-electron chi connectivity index (χ0n) is 23.9. The summed E-state index contributed by atoms with van der Waals surface area (Å²) in [5.41, 5.74) is 7.65. The van der Waals surface area contributed by atoms with Crippen molar-refractivity contribution in [2.24, 2.45) is 0 Å². The van der Waals surface area contributed by atoms with Gasteiger partial charge in [0.05, 0.1) is 11.4 Å². The van der Waals surface area contributed by atoms with E-state index in [9.17, 15) is 0 Å². The average Bonchev–Trinajstić information content (AvgIpc) is 3.48. The summed E-state index contributed by atoms with van der Waals surface area (Å²) in [5, 5.41) is 9.37. The minimum absolute atomic E-state index is 0.913. The van der Waals surface area contributed by atoms with E-state index in [-0.39, 0.29) is 0 Å². The third kappa shape index (κ3) is 3.89. The molecule has 8 aromatic carbocycles. The van der Waals surface area contributed by atoms with Crippen LogP contribution in [0.15, 0.2) is 168 Å². The molecule has 0 bridgehead atoms. The van der Waals surface area contributed by atoms with Gasteiger partial charge in [0.25, 0.3) is 0 Å². The van der Waals surface area contributed by atoms with Crippen LogP contribution in [-0.2, 0) is 0 Å². The van der Waals surface area contributed by atoms with Gasteiger partial charge in [0.2, 0.25) is 0 Å². The van der Waals surface area contributed by atoms with Gasteiger partial charge in [-0.05, 0) is 69.8 Å². The van der Waals surface area contributed by atoms with E-state index in [1.54, 1.807) is 0 Å². The molecule has 0 fully saturated rings. The summed E-state index contributed by atoms with van der Waals surface area (Å²) >= 11 is 0. The van der Waals surface area contributed by atoms with E-state index in [1.165, 1.54) is 32.7 Å². The highest BCUT2D eigenvalue weighted by molar-refractivity contribution is 6.18. The molecule has 0 unspecified atom stereocenters. The Kier molecular flexibility index (Phi) is 5.54. The minimum atomic E-state index is 0.913. The van der Waals surface area contributed by atoms with Crippen LogP contribution in [0.5, 0.6) is 0 Å². The molecule has 0 aliphatic carbocycles.